The van der Waals surface area contributed by atoms with E-state index >= 15 is 0 Å². The summed E-state index contributed by atoms with van der Waals surface area (Å²) in [5, 5.41) is 24.5. The summed E-state index contributed by atoms with van der Waals surface area (Å²) in [6.07, 6.45) is 2.29. The van der Waals surface area contributed by atoms with Crippen molar-refractivity contribution in [3.8, 4) is 0 Å². The number of piperidine rings is 1. The summed E-state index contributed by atoms with van der Waals surface area (Å²) >= 11 is 0. The molecule has 2 aliphatic rings. The average molecular weight is 508 g/mol. The Hall–Kier alpha value is -0.970. The van der Waals surface area contributed by atoms with E-state index in [0.29, 0.717) is 38.8 Å². The van der Waals surface area contributed by atoms with E-state index in [1.54, 1.807) is 4.90 Å². The molecule has 2 aliphatic heterocycles. The fraction of sp³-hybridized carbons (Fsp3) is 0.917. The van der Waals surface area contributed by atoms with E-state index in [1.165, 1.54) is 6.92 Å². The van der Waals surface area contributed by atoms with Crippen molar-refractivity contribution in [2.75, 3.05) is 52.5 Å². The lowest BCUT2D eigenvalue weighted by Gasteiger charge is -2.35. The lowest BCUT2D eigenvalue weighted by molar-refractivity contribution is -0.142. The van der Waals surface area contributed by atoms with E-state index in [0.717, 1.165) is 45.1 Å². The number of hydrogen-bond donors (Lipinski definition) is 3. The number of rotatable bonds is 5. The lowest BCUT2D eigenvalue weighted by atomic mass is 10.0. The number of carbonyl (C=O) groups excluding carboxylic acids is 2. The first-order valence-electron chi connectivity index (χ1n) is 12.6. The molecule has 3 N–H and O–H groups in total. The van der Waals surface area contributed by atoms with Gasteiger partial charge in [0, 0.05) is 46.3 Å². The minimum absolute atomic E-state index is 0. The standard InChI is InChI=1S/C24H45N3O6.ClH/c1-18(2)9-15-33-22-16-27(19(3)28)13-12-26(24(31)20-8-4-5-10-25-20)11-6-7-14-32-17-21(29)23(22)30;/h18,20-23,25,29-30H,4-17H2,1-3H3;1H/t20-,21+,22+,23+;/m0./s1. The molecule has 4 atom stereocenters. The van der Waals surface area contributed by atoms with Crippen LogP contribution in [0.2, 0.25) is 0 Å². The van der Waals surface area contributed by atoms with Gasteiger partial charge in [-0.15, -0.1) is 12.4 Å². The van der Waals surface area contributed by atoms with Crippen LogP contribution in [0.4, 0.5) is 0 Å². The molecule has 200 valence electrons. The number of nitrogens with one attached hydrogen (secondary N) is 1. The average Bonchev–Trinajstić information content (AvgIpc) is 2.79. The highest BCUT2D eigenvalue weighted by Gasteiger charge is 2.31. The Labute approximate surface area is 210 Å². The molecule has 2 fully saturated rings. The van der Waals surface area contributed by atoms with Crippen molar-refractivity contribution in [3.05, 3.63) is 0 Å². The summed E-state index contributed by atoms with van der Waals surface area (Å²) in [4.78, 5) is 29.0. The van der Waals surface area contributed by atoms with Gasteiger partial charge in [-0.3, -0.25) is 9.59 Å². The maximum atomic E-state index is 13.2. The molecule has 34 heavy (non-hydrogen) atoms. The van der Waals surface area contributed by atoms with E-state index in [2.05, 4.69) is 19.2 Å². The number of carbonyl (C=O) groups is 2. The smallest absolute Gasteiger partial charge is 0.239 e. The second kappa shape index (κ2) is 16.7. The minimum Gasteiger partial charge on any atom is -0.388 e. The summed E-state index contributed by atoms with van der Waals surface area (Å²) in [5.74, 6) is 0.373. The largest absolute Gasteiger partial charge is 0.388 e. The molecule has 2 rings (SSSR count). The van der Waals surface area contributed by atoms with Crippen molar-refractivity contribution in [2.45, 2.75) is 83.6 Å². The highest BCUT2D eigenvalue weighted by molar-refractivity contribution is 5.85. The molecule has 9 nitrogen and oxygen atoms in total. The fourth-order valence-corrected chi connectivity index (χ4v) is 4.22. The van der Waals surface area contributed by atoms with Crippen LogP contribution in [0.1, 0.15) is 59.3 Å². The number of amides is 2. The topological polar surface area (TPSA) is 112 Å². The van der Waals surface area contributed by atoms with Gasteiger partial charge >= 0.3 is 0 Å². The summed E-state index contributed by atoms with van der Waals surface area (Å²) in [5.41, 5.74) is 0. The maximum Gasteiger partial charge on any atom is 0.239 e. The number of aliphatic hydroxyl groups excluding tert-OH is 2. The summed E-state index contributed by atoms with van der Waals surface area (Å²) < 4.78 is 11.5. The van der Waals surface area contributed by atoms with Crippen LogP contribution in [0.15, 0.2) is 0 Å². The van der Waals surface area contributed by atoms with Crippen LogP contribution in [-0.4, -0.2) is 109 Å². The Morgan fingerprint density at radius 3 is 2.47 bits per heavy atom. The fourth-order valence-electron chi connectivity index (χ4n) is 4.22. The molecule has 0 unspecified atom stereocenters. The zero-order valence-corrected chi connectivity index (χ0v) is 21.9. The van der Waals surface area contributed by atoms with Gasteiger partial charge in [0.05, 0.1) is 12.6 Å². The molecular weight excluding hydrogens is 462 g/mol. The zero-order valence-electron chi connectivity index (χ0n) is 21.1. The molecule has 0 aliphatic carbocycles. The van der Waals surface area contributed by atoms with Crippen molar-refractivity contribution >= 4 is 24.2 Å². The number of nitrogens with zero attached hydrogens (tertiary/aromatic N) is 2. The van der Waals surface area contributed by atoms with E-state index < -0.39 is 18.3 Å². The Balaban J connectivity index is 0.00000578. The number of halogens is 1. The third-order valence-corrected chi connectivity index (χ3v) is 6.46. The summed E-state index contributed by atoms with van der Waals surface area (Å²) in [7, 11) is 0. The first-order chi connectivity index (χ1) is 15.8. The van der Waals surface area contributed by atoms with Crippen molar-refractivity contribution < 1.29 is 29.3 Å². The Morgan fingerprint density at radius 1 is 1.09 bits per heavy atom. The Bertz CT molecular complexity index is 591. The van der Waals surface area contributed by atoms with Gasteiger partial charge in [-0.05, 0) is 44.6 Å². The molecule has 0 saturated carbocycles. The van der Waals surface area contributed by atoms with E-state index in [9.17, 15) is 19.8 Å². The minimum atomic E-state index is -1.17. The van der Waals surface area contributed by atoms with Gasteiger partial charge < -0.3 is 34.8 Å². The summed E-state index contributed by atoms with van der Waals surface area (Å²) in [6, 6.07) is -0.163. The van der Waals surface area contributed by atoms with E-state index in [1.807, 2.05) is 4.90 Å². The van der Waals surface area contributed by atoms with E-state index in [4.69, 9.17) is 9.47 Å². The number of aliphatic hydroxyl groups is 2. The SMILES string of the molecule is CC(=O)N1CCN(C(=O)[C@@H]2CCCCN2)CCCCOC[C@@H](O)[C@@H](O)[C@H](OCCC(C)C)C1.Cl. The number of ether oxygens (including phenoxy) is 2. The van der Waals surface area contributed by atoms with E-state index in [-0.39, 0.29) is 43.4 Å². The molecule has 0 bridgehead atoms. The third-order valence-electron chi connectivity index (χ3n) is 6.46. The molecule has 2 saturated heterocycles. The first-order valence-corrected chi connectivity index (χ1v) is 12.6. The predicted molar refractivity (Wildman–Crippen MR) is 133 cm³/mol. The predicted octanol–water partition coefficient (Wildman–Crippen LogP) is 1.19. The van der Waals surface area contributed by atoms with Gasteiger partial charge in [-0.25, -0.2) is 0 Å². The van der Waals surface area contributed by atoms with Gasteiger partial charge in [0.15, 0.2) is 0 Å². The van der Waals surface area contributed by atoms with Gasteiger partial charge in [-0.2, -0.15) is 0 Å². The normalized spacial score (nSPS) is 28.2. The van der Waals surface area contributed by atoms with Gasteiger partial charge in [0.1, 0.15) is 18.3 Å². The molecule has 0 spiro atoms. The van der Waals surface area contributed by atoms with Crippen molar-refractivity contribution in [3.63, 3.8) is 0 Å². The third kappa shape index (κ3) is 10.7. The quantitative estimate of drug-likeness (QED) is 0.512. The van der Waals surface area contributed by atoms with Crippen LogP contribution >= 0.6 is 12.4 Å². The molecule has 2 heterocycles. The lowest BCUT2D eigenvalue weighted by Crippen LogP contribution is -2.53. The van der Waals surface area contributed by atoms with Crippen LogP contribution in [-0.2, 0) is 19.1 Å². The molecular formula is C24H46ClN3O6. The summed E-state index contributed by atoms with van der Waals surface area (Å²) in [6.45, 7) is 8.92. The maximum absolute atomic E-state index is 13.2. The molecule has 0 radical (unpaired) electrons. The second-order valence-electron chi connectivity index (χ2n) is 9.72. The van der Waals surface area contributed by atoms with Gasteiger partial charge in [0.2, 0.25) is 11.8 Å². The van der Waals surface area contributed by atoms with Crippen LogP contribution in [0.5, 0.6) is 0 Å². The Kier molecular flexibility index (Phi) is 15.2. The monoisotopic (exact) mass is 507 g/mol. The first kappa shape index (κ1) is 31.1. The van der Waals surface area contributed by atoms with Crippen LogP contribution < -0.4 is 5.32 Å². The van der Waals surface area contributed by atoms with Crippen molar-refractivity contribution in [2.24, 2.45) is 5.92 Å². The molecule has 0 aromatic rings. The highest BCUT2D eigenvalue weighted by atomic mass is 35.5. The van der Waals surface area contributed by atoms with Crippen LogP contribution in [0.3, 0.4) is 0 Å². The molecule has 0 aromatic heterocycles. The molecule has 2 amide bonds. The van der Waals surface area contributed by atoms with Crippen LogP contribution in [0.25, 0.3) is 0 Å². The van der Waals surface area contributed by atoms with Crippen molar-refractivity contribution in [1.29, 1.82) is 0 Å². The van der Waals surface area contributed by atoms with Gasteiger partial charge in [0.25, 0.3) is 0 Å². The Morgan fingerprint density at radius 2 is 1.82 bits per heavy atom. The second-order valence-corrected chi connectivity index (χ2v) is 9.72. The highest BCUT2D eigenvalue weighted by Crippen LogP contribution is 2.14. The van der Waals surface area contributed by atoms with Crippen molar-refractivity contribution in [1.82, 2.24) is 15.1 Å². The molecule has 10 heteroatoms. The van der Waals surface area contributed by atoms with Crippen LogP contribution in [0, 0.1) is 5.92 Å². The zero-order chi connectivity index (χ0) is 24.2. The van der Waals surface area contributed by atoms with Gasteiger partial charge in [-0.1, -0.05) is 20.3 Å². The number of hydrogen-bond acceptors (Lipinski definition) is 7. The molecule has 0 aromatic carbocycles.